The number of carbonyl (C=O) groups excluding carboxylic acids is 1. The summed E-state index contributed by atoms with van der Waals surface area (Å²) in [6, 6.07) is 9.04. The second-order valence-corrected chi connectivity index (χ2v) is 6.03. The average Bonchev–Trinajstić information content (AvgIpc) is 3.03. The van der Waals surface area contributed by atoms with E-state index < -0.39 is 11.7 Å². The van der Waals surface area contributed by atoms with Gasteiger partial charge in [0.2, 0.25) is 5.88 Å². The molecule has 2 aromatic rings. The van der Waals surface area contributed by atoms with Gasteiger partial charge in [-0.25, -0.2) is 4.98 Å². The highest BCUT2D eigenvalue weighted by atomic mass is 19.4. The molecule has 1 aromatic carbocycles. The van der Waals surface area contributed by atoms with E-state index in [1.54, 1.807) is 17.0 Å². The normalized spacial score (nSPS) is 17.6. The topological polar surface area (TPSA) is 42.4 Å². The minimum Gasteiger partial charge on any atom is -0.472 e. The lowest BCUT2D eigenvalue weighted by Gasteiger charge is -2.17. The number of aryl methyl sites for hydroxylation is 1. The monoisotopic (exact) mass is 350 g/mol. The van der Waals surface area contributed by atoms with Gasteiger partial charge < -0.3 is 9.64 Å². The first-order valence-corrected chi connectivity index (χ1v) is 7.89. The fraction of sp³-hybridized carbons (Fsp3) is 0.333. The van der Waals surface area contributed by atoms with Crippen LogP contribution in [0.5, 0.6) is 5.88 Å². The standard InChI is InChI=1S/C18H17F3N2O2/c1-12-2-4-13(5-3-12)17(24)23-9-7-15(11-23)25-16-10-14(6-8-22-16)18(19,20)21/h2-6,8,10,15H,7,9,11H2,1H3. The lowest BCUT2D eigenvalue weighted by molar-refractivity contribution is -0.137. The molecule has 0 aliphatic carbocycles. The Morgan fingerprint density at radius 3 is 2.64 bits per heavy atom. The highest BCUT2D eigenvalue weighted by molar-refractivity contribution is 5.94. The van der Waals surface area contributed by atoms with Crippen molar-refractivity contribution < 1.29 is 22.7 Å². The summed E-state index contributed by atoms with van der Waals surface area (Å²) >= 11 is 0. The molecule has 1 atom stereocenters. The van der Waals surface area contributed by atoms with Gasteiger partial charge in [-0.05, 0) is 25.1 Å². The fourth-order valence-corrected chi connectivity index (χ4v) is 2.71. The van der Waals surface area contributed by atoms with Crippen LogP contribution < -0.4 is 4.74 Å². The molecule has 1 unspecified atom stereocenters. The summed E-state index contributed by atoms with van der Waals surface area (Å²) in [7, 11) is 0. The van der Waals surface area contributed by atoms with Crippen LogP contribution in [0.25, 0.3) is 0 Å². The molecule has 25 heavy (non-hydrogen) atoms. The summed E-state index contributed by atoms with van der Waals surface area (Å²) in [4.78, 5) is 17.9. The zero-order valence-electron chi connectivity index (χ0n) is 13.6. The maximum Gasteiger partial charge on any atom is 0.416 e. The van der Waals surface area contributed by atoms with Crippen LogP contribution in [0, 0.1) is 6.92 Å². The zero-order chi connectivity index (χ0) is 18.0. The van der Waals surface area contributed by atoms with Crippen LogP contribution >= 0.6 is 0 Å². The van der Waals surface area contributed by atoms with E-state index in [2.05, 4.69) is 4.98 Å². The van der Waals surface area contributed by atoms with Crippen molar-refractivity contribution in [3.63, 3.8) is 0 Å². The summed E-state index contributed by atoms with van der Waals surface area (Å²) in [6.45, 7) is 2.76. The first kappa shape index (κ1) is 17.3. The Balaban J connectivity index is 1.63. The van der Waals surface area contributed by atoms with Gasteiger partial charge in [0.15, 0.2) is 0 Å². The molecule has 7 heteroatoms. The number of halogens is 3. The summed E-state index contributed by atoms with van der Waals surface area (Å²) in [6.07, 6.45) is -3.19. The Kier molecular flexibility index (Phi) is 4.65. The van der Waals surface area contributed by atoms with E-state index in [4.69, 9.17) is 4.74 Å². The smallest absolute Gasteiger partial charge is 0.416 e. The molecule has 0 bridgehead atoms. The van der Waals surface area contributed by atoms with Crippen molar-refractivity contribution in [1.29, 1.82) is 0 Å². The predicted octanol–water partition coefficient (Wildman–Crippen LogP) is 3.70. The van der Waals surface area contributed by atoms with Gasteiger partial charge in [0.25, 0.3) is 5.91 Å². The Hall–Kier alpha value is -2.57. The van der Waals surface area contributed by atoms with Crippen molar-refractivity contribution in [1.82, 2.24) is 9.88 Å². The molecule has 0 spiro atoms. The van der Waals surface area contributed by atoms with E-state index in [0.717, 1.165) is 23.9 Å². The second kappa shape index (κ2) is 6.74. The van der Waals surface area contributed by atoms with Crippen LogP contribution in [0.15, 0.2) is 42.6 Å². The number of carbonyl (C=O) groups is 1. The zero-order valence-corrected chi connectivity index (χ0v) is 13.6. The molecule has 0 radical (unpaired) electrons. The van der Waals surface area contributed by atoms with Crippen molar-refractivity contribution in [2.75, 3.05) is 13.1 Å². The van der Waals surface area contributed by atoms with Crippen LogP contribution in [0.4, 0.5) is 13.2 Å². The minimum absolute atomic E-state index is 0.0792. The van der Waals surface area contributed by atoms with Gasteiger partial charge >= 0.3 is 6.18 Å². The SMILES string of the molecule is Cc1ccc(C(=O)N2CCC(Oc3cc(C(F)(F)F)ccn3)C2)cc1. The number of aromatic nitrogens is 1. The molecule has 1 saturated heterocycles. The first-order chi connectivity index (χ1) is 11.8. The molecule has 0 N–H and O–H groups in total. The Morgan fingerprint density at radius 2 is 1.96 bits per heavy atom. The Bertz CT molecular complexity index is 760. The summed E-state index contributed by atoms with van der Waals surface area (Å²) < 4.78 is 43.7. The maximum absolute atomic E-state index is 12.7. The molecular formula is C18H17F3N2O2. The maximum atomic E-state index is 12.7. The second-order valence-electron chi connectivity index (χ2n) is 6.03. The van der Waals surface area contributed by atoms with E-state index in [1.807, 2.05) is 19.1 Å². The van der Waals surface area contributed by atoms with Crippen molar-refractivity contribution in [3.05, 3.63) is 59.3 Å². The third kappa shape index (κ3) is 4.10. The van der Waals surface area contributed by atoms with Gasteiger partial charge in [0.05, 0.1) is 12.1 Å². The summed E-state index contributed by atoms with van der Waals surface area (Å²) in [5.41, 5.74) is 0.848. The highest BCUT2D eigenvalue weighted by Crippen LogP contribution is 2.31. The van der Waals surface area contributed by atoms with Crippen LogP contribution in [-0.4, -0.2) is 35.0 Å². The summed E-state index contributed by atoms with van der Waals surface area (Å²) in [5.74, 6) is -0.187. The Morgan fingerprint density at radius 1 is 1.24 bits per heavy atom. The van der Waals surface area contributed by atoms with Crippen LogP contribution in [0.2, 0.25) is 0 Å². The van der Waals surface area contributed by atoms with Crippen LogP contribution in [-0.2, 0) is 6.18 Å². The number of nitrogens with zero attached hydrogens (tertiary/aromatic N) is 2. The largest absolute Gasteiger partial charge is 0.472 e. The molecule has 1 aliphatic rings. The van der Waals surface area contributed by atoms with Gasteiger partial charge in [-0.1, -0.05) is 17.7 Å². The van der Waals surface area contributed by atoms with Gasteiger partial charge in [-0.15, -0.1) is 0 Å². The predicted molar refractivity (Wildman–Crippen MR) is 85.4 cm³/mol. The van der Waals surface area contributed by atoms with E-state index >= 15 is 0 Å². The number of pyridine rings is 1. The summed E-state index contributed by atoms with van der Waals surface area (Å²) in [5, 5.41) is 0. The molecule has 1 aromatic heterocycles. The lowest BCUT2D eigenvalue weighted by Crippen LogP contribution is -2.31. The Labute approximate surface area is 143 Å². The number of alkyl halides is 3. The molecule has 0 saturated carbocycles. The number of amides is 1. The number of benzene rings is 1. The number of hydrogen-bond acceptors (Lipinski definition) is 3. The van der Waals surface area contributed by atoms with Crippen molar-refractivity contribution in [2.24, 2.45) is 0 Å². The van der Waals surface area contributed by atoms with Crippen molar-refractivity contribution >= 4 is 5.91 Å². The lowest BCUT2D eigenvalue weighted by atomic mass is 10.1. The number of ether oxygens (including phenoxy) is 1. The molecule has 1 aliphatic heterocycles. The minimum atomic E-state index is -4.44. The number of hydrogen-bond donors (Lipinski definition) is 0. The van der Waals surface area contributed by atoms with Gasteiger partial charge in [0.1, 0.15) is 6.10 Å². The van der Waals surface area contributed by atoms with Gasteiger partial charge in [-0.2, -0.15) is 13.2 Å². The van der Waals surface area contributed by atoms with Crippen LogP contribution in [0.3, 0.4) is 0 Å². The molecular weight excluding hydrogens is 333 g/mol. The fourth-order valence-electron chi connectivity index (χ4n) is 2.71. The number of rotatable bonds is 3. The van der Waals surface area contributed by atoms with E-state index in [-0.39, 0.29) is 17.9 Å². The third-order valence-corrected chi connectivity index (χ3v) is 4.08. The number of likely N-dealkylation sites (tertiary alicyclic amines) is 1. The van der Waals surface area contributed by atoms with E-state index in [1.165, 1.54) is 0 Å². The van der Waals surface area contributed by atoms with Crippen molar-refractivity contribution in [3.8, 4) is 5.88 Å². The van der Waals surface area contributed by atoms with Crippen molar-refractivity contribution in [2.45, 2.75) is 25.6 Å². The van der Waals surface area contributed by atoms with Gasteiger partial charge in [0, 0.05) is 30.8 Å². The van der Waals surface area contributed by atoms with Gasteiger partial charge in [-0.3, -0.25) is 4.79 Å². The average molecular weight is 350 g/mol. The molecule has 4 nitrogen and oxygen atoms in total. The highest BCUT2D eigenvalue weighted by Gasteiger charge is 2.32. The van der Waals surface area contributed by atoms with E-state index in [0.29, 0.717) is 25.1 Å². The molecule has 132 valence electrons. The molecule has 1 amide bonds. The first-order valence-electron chi connectivity index (χ1n) is 7.89. The van der Waals surface area contributed by atoms with E-state index in [9.17, 15) is 18.0 Å². The third-order valence-electron chi connectivity index (χ3n) is 4.08. The molecule has 2 heterocycles. The molecule has 1 fully saturated rings. The molecule has 3 rings (SSSR count). The van der Waals surface area contributed by atoms with Crippen LogP contribution in [0.1, 0.15) is 27.9 Å². The quantitative estimate of drug-likeness (QED) is 0.848.